The summed E-state index contributed by atoms with van der Waals surface area (Å²) in [7, 11) is 0. The summed E-state index contributed by atoms with van der Waals surface area (Å²) in [6.45, 7) is 6.31. The maximum atomic E-state index is 11.3. The molecular weight excluding hydrogens is 280 g/mol. The Morgan fingerprint density at radius 3 is 2.67 bits per heavy atom. The largest absolute Gasteiger partial charge is 0.462 e. The second kappa shape index (κ2) is 7.06. The third kappa shape index (κ3) is 5.06. The topological polar surface area (TPSA) is 88.1 Å². The van der Waals surface area contributed by atoms with E-state index in [0.29, 0.717) is 6.29 Å². The summed E-state index contributed by atoms with van der Waals surface area (Å²) in [5.74, 6) is -2.18. The average molecular weight is 298 g/mol. The maximum absolute atomic E-state index is 11.3. The van der Waals surface area contributed by atoms with Crippen LogP contribution in [0.4, 0.5) is 0 Å². The third-order valence-electron chi connectivity index (χ3n) is 2.38. The number of esters is 2. The van der Waals surface area contributed by atoms with E-state index in [-0.39, 0.29) is 12.4 Å². The van der Waals surface area contributed by atoms with Crippen molar-refractivity contribution < 1.29 is 33.3 Å². The van der Waals surface area contributed by atoms with Crippen molar-refractivity contribution >= 4 is 18.2 Å². The van der Waals surface area contributed by atoms with E-state index in [0.717, 1.165) is 6.08 Å². The molecule has 2 atom stereocenters. The summed E-state index contributed by atoms with van der Waals surface area (Å²) in [5.41, 5.74) is 2.58. The summed E-state index contributed by atoms with van der Waals surface area (Å²) >= 11 is 0. The van der Waals surface area contributed by atoms with Crippen LogP contribution in [0.25, 0.3) is 0 Å². The zero-order valence-corrected chi connectivity index (χ0v) is 12.4. The Morgan fingerprint density at radius 2 is 2.14 bits per heavy atom. The van der Waals surface area contributed by atoms with Gasteiger partial charge < -0.3 is 18.9 Å². The first-order chi connectivity index (χ1) is 9.79. The normalized spacial score (nSPS) is 20.8. The zero-order chi connectivity index (χ0) is 16.0. The number of ether oxygens (including phenoxy) is 4. The van der Waals surface area contributed by atoms with Crippen LogP contribution in [0.15, 0.2) is 17.6 Å². The molecule has 0 aliphatic carbocycles. The van der Waals surface area contributed by atoms with E-state index in [2.05, 4.69) is 5.73 Å². The van der Waals surface area contributed by atoms with Crippen molar-refractivity contribution in [1.29, 1.82) is 0 Å². The molecule has 7 nitrogen and oxygen atoms in total. The Kier molecular flexibility index (Phi) is 5.69. The molecule has 21 heavy (non-hydrogen) atoms. The Bertz CT molecular complexity index is 486. The lowest BCUT2D eigenvalue weighted by Crippen LogP contribution is -2.34. The van der Waals surface area contributed by atoms with Gasteiger partial charge in [0.2, 0.25) is 5.79 Å². The predicted molar refractivity (Wildman–Crippen MR) is 69.9 cm³/mol. The molecule has 0 bridgehead atoms. The summed E-state index contributed by atoms with van der Waals surface area (Å²) in [5, 5.41) is 0. The van der Waals surface area contributed by atoms with Crippen molar-refractivity contribution in [2.24, 2.45) is 0 Å². The van der Waals surface area contributed by atoms with E-state index in [1.54, 1.807) is 20.8 Å². The van der Waals surface area contributed by atoms with Gasteiger partial charge in [0.15, 0.2) is 24.3 Å². The molecule has 0 saturated carbocycles. The number of carbonyl (C=O) groups is 3. The molecule has 0 aromatic rings. The monoisotopic (exact) mass is 298 g/mol. The fraction of sp³-hybridized carbons (Fsp3) is 0.571. The van der Waals surface area contributed by atoms with Crippen LogP contribution in [0.2, 0.25) is 0 Å². The highest BCUT2D eigenvalue weighted by Crippen LogP contribution is 2.32. The minimum Gasteiger partial charge on any atom is -0.462 e. The second-order valence-electron chi connectivity index (χ2n) is 4.66. The first-order valence-electron chi connectivity index (χ1n) is 6.41. The van der Waals surface area contributed by atoms with Crippen molar-refractivity contribution in [2.45, 2.75) is 45.7 Å². The minimum absolute atomic E-state index is 0.0893. The van der Waals surface area contributed by atoms with Crippen LogP contribution >= 0.6 is 0 Å². The molecule has 1 aliphatic rings. The molecule has 0 spiro atoms. The van der Waals surface area contributed by atoms with Crippen molar-refractivity contribution in [1.82, 2.24) is 0 Å². The van der Waals surface area contributed by atoms with Crippen LogP contribution in [0, 0.1) is 0 Å². The van der Waals surface area contributed by atoms with E-state index in [4.69, 9.17) is 18.9 Å². The first-order valence-corrected chi connectivity index (χ1v) is 6.41. The van der Waals surface area contributed by atoms with Crippen LogP contribution in [0.5, 0.6) is 0 Å². The Hall–Kier alpha value is -2.11. The molecule has 0 aromatic carbocycles. The van der Waals surface area contributed by atoms with E-state index in [1.807, 2.05) is 0 Å². The smallest absolute Gasteiger partial charge is 0.338 e. The summed E-state index contributed by atoms with van der Waals surface area (Å²) in [4.78, 5) is 33.3. The van der Waals surface area contributed by atoms with Gasteiger partial charge in [0, 0.05) is 20.8 Å². The lowest BCUT2D eigenvalue weighted by atomic mass is 10.2. The van der Waals surface area contributed by atoms with Crippen molar-refractivity contribution in [3.8, 4) is 0 Å². The van der Waals surface area contributed by atoms with Crippen molar-refractivity contribution in [3.63, 3.8) is 0 Å². The Morgan fingerprint density at radius 1 is 1.48 bits per heavy atom. The van der Waals surface area contributed by atoms with Gasteiger partial charge in [-0.3, -0.25) is 9.59 Å². The molecule has 1 rings (SSSR count). The fourth-order valence-electron chi connectivity index (χ4n) is 1.70. The predicted octanol–water partition coefficient (Wildman–Crippen LogP) is 0.871. The average Bonchev–Trinajstić information content (AvgIpc) is 2.69. The lowest BCUT2D eigenvalue weighted by Gasteiger charge is -2.18. The SMILES string of the molecule is CCOC(=O)C=C=C1OC(C)(C)OC1C(C=O)OC(C)=O. The van der Waals surface area contributed by atoms with E-state index >= 15 is 0 Å². The van der Waals surface area contributed by atoms with Gasteiger partial charge in [0.25, 0.3) is 0 Å². The minimum atomic E-state index is -1.18. The van der Waals surface area contributed by atoms with Crippen molar-refractivity contribution in [3.05, 3.63) is 17.6 Å². The van der Waals surface area contributed by atoms with Gasteiger partial charge in [-0.05, 0) is 6.92 Å². The van der Waals surface area contributed by atoms with Crippen molar-refractivity contribution in [2.75, 3.05) is 6.61 Å². The highest BCUT2D eigenvalue weighted by Gasteiger charge is 2.43. The number of hydrogen-bond donors (Lipinski definition) is 0. The molecule has 0 amide bonds. The van der Waals surface area contributed by atoms with Gasteiger partial charge in [-0.2, -0.15) is 0 Å². The number of hydrogen-bond acceptors (Lipinski definition) is 7. The molecule has 0 radical (unpaired) electrons. The van der Waals surface area contributed by atoms with Crippen LogP contribution in [0.1, 0.15) is 27.7 Å². The first kappa shape index (κ1) is 16.9. The number of carbonyl (C=O) groups excluding carboxylic acids is 3. The van der Waals surface area contributed by atoms with Crippen LogP contribution in [0.3, 0.4) is 0 Å². The molecule has 116 valence electrons. The number of rotatable bonds is 5. The molecule has 1 heterocycles. The van der Waals surface area contributed by atoms with Crippen LogP contribution in [-0.4, -0.2) is 42.8 Å². The van der Waals surface area contributed by atoms with Gasteiger partial charge in [-0.15, -0.1) is 0 Å². The van der Waals surface area contributed by atoms with Gasteiger partial charge in [-0.25, -0.2) is 4.79 Å². The van der Waals surface area contributed by atoms with E-state index in [1.165, 1.54) is 6.92 Å². The fourth-order valence-corrected chi connectivity index (χ4v) is 1.70. The molecule has 0 N–H and O–H groups in total. The van der Waals surface area contributed by atoms with E-state index in [9.17, 15) is 14.4 Å². The summed E-state index contributed by atoms with van der Waals surface area (Å²) < 4.78 is 20.5. The molecule has 0 aromatic heterocycles. The standard InChI is InChI=1S/C14H18O7/c1-5-18-12(17)7-6-10-13(21-14(3,4)20-10)11(8-15)19-9(2)16/h7-8,11,13H,5H2,1-4H3. The quantitative estimate of drug-likeness (QED) is 0.322. The maximum Gasteiger partial charge on any atom is 0.338 e. The van der Waals surface area contributed by atoms with E-state index < -0.39 is 29.9 Å². The summed E-state index contributed by atoms with van der Waals surface area (Å²) in [6, 6.07) is 0. The molecule has 1 saturated heterocycles. The molecule has 1 aliphatic heterocycles. The van der Waals surface area contributed by atoms with Crippen LogP contribution in [-0.2, 0) is 33.3 Å². The molecule has 2 unspecified atom stereocenters. The van der Waals surface area contributed by atoms with Gasteiger partial charge in [-0.1, -0.05) is 5.73 Å². The Labute approximate surface area is 122 Å². The highest BCUT2D eigenvalue weighted by atomic mass is 16.8. The third-order valence-corrected chi connectivity index (χ3v) is 2.38. The molecular formula is C14H18O7. The Balaban J connectivity index is 3.03. The zero-order valence-electron chi connectivity index (χ0n) is 12.4. The molecule has 7 heteroatoms. The highest BCUT2D eigenvalue weighted by molar-refractivity contribution is 5.81. The summed E-state index contributed by atoms with van der Waals surface area (Å²) in [6.07, 6.45) is -0.677. The molecule has 1 fully saturated rings. The second-order valence-corrected chi connectivity index (χ2v) is 4.66. The van der Waals surface area contributed by atoms with Gasteiger partial charge in [0.05, 0.1) is 12.7 Å². The lowest BCUT2D eigenvalue weighted by molar-refractivity contribution is -0.169. The number of aldehydes is 1. The van der Waals surface area contributed by atoms with Gasteiger partial charge in [0.1, 0.15) is 0 Å². The van der Waals surface area contributed by atoms with Crippen LogP contribution < -0.4 is 0 Å². The van der Waals surface area contributed by atoms with Gasteiger partial charge >= 0.3 is 11.9 Å².